The number of benzene rings is 1. The quantitative estimate of drug-likeness (QED) is 0.854. The number of carbonyl (C=O) groups is 1. The molecule has 1 aromatic carbocycles. The van der Waals surface area contributed by atoms with Crippen LogP contribution in [0.1, 0.15) is 12.5 Å². The second-order valence-corrected chi connectivity index (χ2v) is 4.01. The van der Waals surface area contributed by atoms with Gasteiger partial charge in [0, 0.05) is 6.42 Å². The first kappa shape index (κ1) is 14.6. The molecule has 0 saturated carbocycles. The van der Waals surface area contributed by atoms with E-state index in [1.165, 1.54) is 0 Å². The highest BCUT2D eigenvalue weighted by Crippen LogP contribution is 2.29. The molecule has 0 aliphatic rings. The Morgan fingerprint density at radius 1 is 1.28 bits per heavy atom. The Morgan fingerprint density at radius 2 is 1.83 bits per heavy atom. The summed E-state index contributed by atoms with van der Waals surface area (Å²) in [6.07, 6.45) is -5.87. The summed E-state index contributed by atoms with van der Waals surface area (Å²) in [6, 6.07) is 2.93. The zero-order chi connectivity index (χ0) is 14.1. The minimum Gasteiger partial charge on any atom is -0.312 e. The van der Waals surface area contributed by atoms with Crippen LogP contribution in [-0.2, 0) is 11.2 Å². The van der Waals surface area contributed by atoms with Gasteiger partial charge in [-0.1, -0.05) is 12.1 Å². The van der Waals surface area contributed by atoms with Gasteiger partial charge in [0.05, 0.1) is 0 Å². The van der Waals surface area contributed by atoms with Gasteiger partial charge in [-0.15, -0.1) is 0 Å². The molecule has 0 fully saturated rings. The minimum absolute atomic E-state index is 0.457. The Labute approximate surface area is 99.6 Å². The zero-order valence-electron chi connectivity index (χ0n) is 9.31. The molecule has 7 heteroatoms. The van der Waals surface area contributed by atoms with Crippen molar-refractivity contribution in [2.45, 2.75) is 25.1 Å². The van der Waals surface area contributed by atoms with Gasteiger partial charge < -0.3 is 5.73 Å². The smallest absolute Gasteiger partial charge is 0.312 e. The van der Waals surface area contributed by atoms with Crippen LogP contribution < -0.4 is 5.73 Å². The van der Waals surface area contributed by atoms with Crippen molar-refractivity contribution in [3.05, 3.63) is 35.4 Å². The first-order valence-corrected chi connectivity index (χ1v) is 4.89. The maximum absolute atomic E-state index is 13.2. The second-order valence-electron chi connectivity index (χ2n) is 4.01. The summed E-state index contributed by atoms with van der Waals surface area (Å²) in [4.78, 5) is 11.4. The molecule has 18 heavy (non-hydrogen) atoms. The molecule has 0 bridgehead atoms. The predicted octanol–water partition coefficient (Wildman–Crippen LogP) is 2.36. The number of rotatable bonds is 3. The molecule has 1 unspecified atom stereocenters. The van der Waals surface area contributed by atoms with E-state index in [0.717, 1.165) is 18.2 Å². The monoisotopic (exact) mass is 267 g/mol. The Morgan fingerprint density at radius 3 is 2.33 bits per heavy atom. The first-order valence-electron chi connectivity index (χ1n) is 4.89. The largest absolute Gasteiger partial charge is 0.413 e. The zero-order valence-corrected chi connectivity index (χ0v) is 9.31. The average Bonchev–Trinajstić information content (AvgIpc) is 2.23. The topological polar surface area (TPSA) is 43.1 Å². The van der Waals surface area contributed by atoms with Gasteiger partial charge in [-0.25, -0.2) is 8.78 Å². The summed E-state index contributed by atoms with van der Waals surface area (Å²) in [6.45, 7) is 0.493. The maximum Gasteiger partial charge on any atom is 0.413 e. The van der Waals surface area contributed by atoms with Crippen LogP contribution >= 0.6 is 0 Å². The highest BCUT2D eigenvalue weighted by atomic mass is 19.4. The molecule has 0 amide bonds. The summed E-state index contributed by atoms with van der Waals surface area (Å²) in [7, 11) is 0. The third-order valence-electron chi connectivity index (χ3n) is 2.55. The fraction of sp³-hybridized carbons (Fsp3) is 0.364. The number of halogens is 5. The molecular formula is C11H10F5NO. The molecule has 2 N–H and O–H groups in total. The van der Waals surface area contributed by atoms with E-state index in [9.17, 15) is 26.7 Å². The van der Waals surface area contributed by atoms with Gasteiger partial charge in [0.2, 0.25) is 0 Å². The van der Waals surface area contributed by atoms with E-state index in [1.54, 1.807) is 0 Å². The Hall–Kier alpha value is -1.50. The number of Topliss-reactive ketones (excluding diaryl/α,β-unsaturated/α-hetero) is 1. The molecule has 0 radical (unpaired) electrons. The molecule has 0 heterocycles. The van der Waals surface area contributed by atoms with Crippen molar-refractivity contribution in [1.29, 1.82) is 0 Å². The van der Waals surface area contributed by atoms with Crippen molar-refractivity contribution < 1.29 is 26.7 Å². The van der Waals surface area contributed by atoms with Crippen molar-refractivity contribution in [1.82, 2.24) is 0 Å². The van der Waals surface area contributed by atoms with Crippen molar-refractivity contribution >= 4 is 5.78 Å². The predicted molar refractivity (Wildman–Crippen MR) is 53.7 cm³/mol. The Balaban J connectivity index is 2.99. The lowest BCUT2D eigenvalue weighted by Crippen LogP contribution is -2.57. The standard InChI is InChI=1S/C11H10F5NO/c1-10(17,11(14,15)16)8(18)5-6-3-2-4-7(12)9(6)13/h2-4H,5,17H2,1H3. The summed E-state index contributed by atoms with van der Waals surface area (Å²) < 4.78 is 63.4. The molecule has 1 atom stereocenters. The van der Waals surface area contributed by atoms with E-state index >= 15 is 0 Å². The van der Waals surface area contributed by atoms with E-state index in [0.29, 0.717) is 6.92 Å². The third kappa shape index (κ3) is 2.66. The summed E-state index contributed by atoms with van der Waals surface area (Å²) in [5.41, 5.74) is 1.33. The van der Waals surface area contributed by atoms with Crippen molar-refractivity contribution in [2.75, 3.05) is 0 Å². The number of hydrogen-bond acceptors (Lipinski definition) is 2. The van der Waals surface area contributed by atoms with Crippen LogP contribution in [-0.4, -0.2) is 17.5 Å². The van der Waals surface area contributed by atoms with Crippen molar-refractivity contribution in [3.63, 3.8) is 0 Å². The molecule has 1 aromatic rings. The van der Waals surface area contributed by atoms with Crippen LogP contribution in [0, 0.1) is 11.6 Å². The number of alkyl halides is 3. The van der Waals surface area contributed by atoms with Gasteiger partial charge in [-0.2, -0.15) is 13.2 Å². The lowest BCUT2D eigenvalue weighted by atomic mass is 9.92. The minimum atomic E-state index is -4.95. The van der Waals surface area contributed by atoms with Gasteiger partial charge >= 0.3 is 6.18 Å². The van der Waals surface area contributed by atoms with Crippen LogP contribution in [0.2, 0.25) is 0 Å². The molecule has 100 valence electrons. The maximum atomic E-state index is 13.2. The normalized spacial score (nSPS) is 15.3. The molecule has 0 aliphatic carbocycles. The van der Waals surface area contributed by atoms with Crippen molar-refractivity contribution in [2.24, 2.45) is 5.73 Å². The SMILES string of the molecule is CC(N)(C(=O)Cc1cccc(F)c1F)C(F)(F)F. The first-order chi connectivity index (χ1) is 8.07. The molecule has 2 nitrogen and oxygen atoms in total. The van der Waals surface area contributed by atoms with Crippen LogP contribution in [0.4, 0.5) is 22.0 Å². The highest BCUT2D eigenvalue weighted by molar-refractivity contribution is 5.90. The second kappa shape index (κ2) is 4.64. The molecular weight excluding hydrogens is 257 g/mol. The number of hydrogen-bond donors (Lipinski definition) is 1. The van der Waals surface area contributed by atoms with Crippen LogP contribution in [0.3, 0.4) is 0 Å². The van der Waals surface area contributed by atoms with E-state index in [1.807, 2.05) is 0 Å². The molecule has 0 saturated heterocycles. The molecule has 0 aliphatic heterocycles. The third-order valence-corrected chi connectivity index (χ3v) is 2.55. The summed E-state index contributed by atoms with van der Waals surface area (Å²) in [5, 5.41) is 0. The number of ketones is 1. The van der Waals surface area contributed by atoms with E-state index in [2.05, 4.69) is 0 Å². The highest BCUT2D eigenvalue weighted by Gasteiger charge is 2.53. The summed E-state index contributed by atoms with van der Waals surface area (Å²) >= 11 is 0. The van der Waals surface area contributed by atoms with Crippen molar-refractivity contribution in [3.8, 4) is 0 Å². The van der Waals surface area contributed by atoms with Gasteiger partial charge in [-0.05, 0) is 18.6 Å². The number of nitrogens with two attached hydrogens (primary N) is 1. The Bertz CT molecular complexity index is 467. The average molecular weight is 267 g/mol. The molecule has 0 aromatic heterocycles. The molecule has 1 rings (SSSR count). The summed E-state index contributed by atoms with van der Waals surface area (Å²) in [5.74, 6) is -4.01. The lowest BCUT2D eigenvalue weighted by molar-refractivity contribution is -0.185. The van der Waals surface area contributed by atoms with Gasteiger partial charge in [-0.3, -0.25) is 4.79 Å². The lowest BCUT2D eigenvalue weighted by Gasteiger charge is -2.26. The Kier molecular flexibility index (Phi) is 3.75. The van der Waals surface area contributed by atoms with Crippen LogP contribution in [0.5, 0.6) is 0 Å². The fourth-order valence-electron chi connectivity index (χ4n) is 1.20. The van der Waals surface area contributed by atoms with Gasteiger partial charge in [0.1, 0.15) is 0 Å². The van der Waals surface area contributed by atoms with Crippen LogP contribution in [0.15, 0.2) is 18.2 Å². The van der Waals surface area contributed by atoms with Gasteiger partial charge in [0.25, 0.3) is 0 Å². The van der Waals surface area contributed by atoms with E-state index in [4.69, 9.17) is 5.73 Å². The van der Waals surface area contributed by atoms with E-state index in [-0.39, 0.29) is 0 Å². The van der Waals surface area contributed by atoms with Crippen LogP contribution in [0.25, 0.3) is 0 Å². The number of carbonyl (C=O) groups excluding carboxylic acids is 1. The fourth-order valence-corrected chi connectivity index (χ4v) is 1.20. The molecule has 0 spiro atoms. The van der Waals surface area contributed by atoms with E-state index < -0.39 is 41.1 Å². The van der Waals surface area contributed by atoms with Gasteiger partial charge in [0.15, 0.2) is 23.0 Å².